The molecule has 0 aromatic heterocycles. The highest BCUT2D eigenvalue weighted by atomic mass is 16.5. The van der Waals surface area contributed by atoms with Gasteiger partial charge in [0.25, 0.3) is 5.91 Å². The normalized spacial score (nSPS) is 26.0. The van der Waals surface area contributed by atoms with Gasteiger partial charge in [-0.15, -0.1) is 0 Å². The van der Waals surface area contributed by atoms with Gasteiger partial charge in [0.05, 0.1) is 7.11 Å². The van der Waals surface area contributed by atoms with Crippen molar-refractivity contribution in [2.75, 3.05) is 20.2 Å². The average molecular weight is 506 g/mol. The first-order valence-electron chi connectivity index (χ1n) is 13.0. The number of piperidine rings is 1. The summed E-state index contributed by atoms with van der Waals surface area (Å²) in [7, 11) is 1.65. The highest BCUT2D eigenvalue weighted by molar-refractivity contribution is 6.05. The summed E-state index contributed by atoms with van der Waals surface area (Å²) in [5, 5.41) is 2.35. The first-order chi connectivity index (χ1) is 18.0. The second kappa shape index (κ2) is 9.70. The second-order valence-electron chi connectivity index (χ2n) is 10.2. The van der Waals surface area contributed by atoms with Crippen LogP contribution in [0.15, 0.2) is 42.5 Å². The molecular formula is C28H31N3O6. The molecule has 194 valence electrons. The Balaban J connectivity index is 1.07. The molecule has 9 nitrogen and oxygen atoms in total. The van der Waals surface area contributed by atoms with Crippen LogP contribution in [0.25, 0.3) is 0 Å². The quantitative estimate of drug-likeness (QED) is 0.578. The Kier molecular flexibility index (Phi) is 6.24. The van der Waals surface area contributed by atoms with Gasteiger partial charge in [0.1, 0.15) is 24.0 Å². The fourth-order valence-electron chi connectivity index (χ4n) is 5.97. The van der Waals surface area contributed by atoms with Crippen molar-refractivity contribution in [3.63, 3.8) is 0 Å². The highest BCUT2D eigenvalue weighted by Crippen LogP contribution is 2.35. The number of hydrogen-bond donors (Lipinski definition) is 1. The van der Waals surface area contributed by atoms with E-state index in [2.05, 4.69) is 10.2 Å². The molecule has 9 heteroatoms. The Morgan fingerprint density at radius 2 is 1.76 bits per heavy atom. The third kappa shape index (κ3) is 4.52. The van der Waals surface area contributed by atoms with Crippen molar-refractivity contribution in [2.45, 2.75) is 62.9 Å². The Morgan fingerprint density at radius 1 is 0.946 bits per heavy atom. The van der Waals surface area contributed by atoms with Gasteiger partial charge in [-0.2, -0.15) is 0 Å². The number of imide groups is 1. The summed E-state index contributed by atoms with van der Waals surface area (Å²) in [6.45, 7) is 2.05. The number of carbonyl (C=O) groups excluding carboxylic acids is 3. The molecule has 2 aromatic rings. The van der Waals surface area contributed by atoms with Crippen LogP contribution in [0.2, 0.25) is 0 Å². The van der Waals surface area contributed by atoms with Crippen LogP contribution in [0, 0.1) is 0 Å². The summed E-state index contributed by atoms with van der Waals surface area (Å²) in [6.07, 6.45) is 3.98. The summed E-state index contributed by atoms with van der Waals surface area (Å²) in [4.78, 5) is 40.8. The second-order valence-corrected chi connectivity index (χ2v) is 10.2. The van der Waals surface area contributed by atoms with E-state index in [1.807, 2.05) is 36.4 Å². The maximum atomic E-state index is 13.0. The van der Waals surface area contributed by atoms with E-state index in [0.717, 1.165) is 55.2 Å². The Labute approximate surface area is 215 Å². The molecule has 37 heavy (non-hydrogen) atoms. The topological polar surface area (TPSA) is 97.4 Å². The van der Waals surface area contributed by atoms with Gasteiger partial charge in [0.2, 0.25) is 11.8 Å². The van der Waals surface area contributed by atoms with Crippen molar-refractivity contribution in [3.05, 3.63) is 53.6 Å². The number of ether oxygens (including phenoxy) is 3. The number of nitrogens with zero attached hydrogens (tertiary/aromatic N) is 2. The molecule has 1 saturated carbocycles. The molecule has 0 radical (unpaired) electrons. The van der Waals surface area contributed by atoms with Crippen LogP contribution in [0.4, 0.5) is 0 Å². The molecule has 0 spiro atoms. The number of benzene rings is 2. The number of para-hydroxylation sites is 2. The van der Waals surface area contributed by atoms with E-state index in [9.17, 15) is 14.4 Å². The van der Waals surface area contributed by atoms with Crippen LogP contribution < -0.4 is 19.5 Å². The number of carbonyl (C=O) groups is 3. The summed E-state index contributed by atoms with van der Waals surface area (Å²) >= 11 is 0. The van der Waals surface area contributed by atoms with Crippen molar-refractivity contribution in [1.29, 1.82) is 0 Å². The monoisotopic (exact) mass is 505 g/mol. The van der Waals surface area contributed by atoms with Gasteiger partial charge in [-0.05, 0) is 61.6 Å². The minimum Gasteiger partial charge on any atom is -0.493 e. The molecule has 6 rings (SSSR count). The molecule has 1 N–H and O–H groups in total. The van der Waals surface area contributed by atoms with E-state index in [0.29, 0.717) is 24.6 Å². The Morgan fingerprint density at radius 3 is 2.54 bits per heavy atom. The molecule has 3 aliphatic heterocycles. The van der Waals surface area contributed by atoms with Crippen LogP contribution in [-0.4, -0.2) is 72.0 Å². The maximum absolute atomic E-state index is 13.0. The van der Waals surface area contributed by atoms with Gasteiger partial charge >= 0.3 is 0 Å². The number of amides is 3. The molecule has 1 aliphatic carbocycles. The van der Waals surface area contributed by atoms with Crippen molar-refractivity contribution in [3.8, 4) is 17.2 Å². The minimum atomic E-state index is -0.612. The zero-order chi connectivity index (χ0) is 25.5. The lowest BCUT2D eigenvalue weighted by Crippen LogP contribution is -2.60. The fourth-order valence-corrected chi connectivity index (χ4v) is 5.97. The van der Waals surface area contributed by atoms with Gasteiger partial charge in [0, 0.05) is 37.7 Å². The first-order valence-corrected chi connectivity index (χ1v) is 13.0. The predicted octanol–water partition coefficient (Wildman–Crippen LogP) is 2.52. The standard InChI is InChI=1S/C28H31N3O6/c1-35-24-6-2-3-7-25(24)37-19-15-30(16-19)21-5-4-8-23(21)36-18-9-10-20-17(13-18)14-31(28(20)34)22-11-12-26(32)29-27(22)33/h2-3,6-7,9-10,13,19,21-23H,4-5,8,11-12,14-16H2,1H3,(H,29,32,33)/t21-,22?,23+/m1/s1. The third-order valence-corrected chi connectivity index (χ3v) is 7.91. The van der Waals surface area contributed by atoms with Crippen LogP contribution in [-0.2, 0) is 16.1 Å². The van der Waals surface area contributed by atoms with E-state index in [-0.39, 0.29) is 30.4 Å². The van der Waals surface area contributed by atoms with Crippen molar-refractivity contribution in [1.82, 2.24) is 15.1 Å². The summed E-state index contributed by atoms with van der Waals surface area (Å²) in [5.74, 6) is 1.41. The molecule has 2 saturated heterocycles. The van der Waals surface area contributed by atoms with E-state index in [1.54, 1.807) is 18.1 Å². The lowest BCUT2D eigenvalue weighted by atomic mass is 10.0. The molecule has 4 aliphatic rings. The summed E-state index contributed by atoms with van der Waals surface area (Å²) < 4.78 is 18.0. The number of fused-ring (bicyclic) bond motifs is 1. The third-order valence-electron chi connectivity index (χ3n) is 7.91. The largest absolute Gasteiger partial charge is 0.493 e. The highest BCUT2D eigenvalue weighted by Gasteiger charge is 2.42. The van der Waals surface area contributed by atoms with Gasteiger partial charge in [-0.1, -0.05) is 12.1 Å². The summed E-state index contributed by atoms with van der Waals surface area (Å²) in [6, 6.07) is 13.0. The molecule has 3 amide bonds. The number of rotatable bonds is 7. The molecule has 3 heterocycles. The van der Waals surface area contributed by atoms with Gasteiger partial charge < -0.3 is 19.1 Å². The minimum absolute atomic E-state index is 0.0774. The van der Waals surface area contributed by atoms with E-state index in [4.69, 9.17) is 14.2 Å². The smallest absolute Gasteiger partial charge is 0.255 e. The van der Waals surface area contributed by atoms with Crippen molar-refractivity contribution in [2.24, 2.45) is 0 Å². The molecular weight excluding hydrogens is 474 g/mol. The van der Waals surface area contributed by atoms with E-state index < -0.39 is 11.9 Å². The average Bonchev–Trinajstić information content (AvgIpc) is 3.45. The molecule has 0 bridgehead atoms. The molecule has 2 aromatic carbocycles. The number of hydrogen-bond acceptors (Lipinski definition) is 7. The number of nitrogens with one attached hydrogen (secondary N) is 1. The van der Waals surface area contributed by atoms with Gasteiger partial charge in [-0.25, -0.2) is 0 Å². The molecule has 3 fully saturated rings. The SMILES string of the molecule is COc1ccccc1OC1CN([C@@H]2CCC[C@@H]2Oc2ccc3c(c2)CN(C2CCC(=O)NC2=O)C3=O)C1. The van der Waals surface area contributed by atoms with Crippen LogP contribution in [0.5, 0.6) is 17.2 Å². The predicted molar refractivity (Wildman–Crippen MR) is 134 cm³/mol. The number of likely N-dealkylation sites (tertiary alicyclic amines) is 1. The Bertz CT molecular complexity index is 1230. The van der Waals surface area contributed by atoms with Crippen LogP contribution in [0.1, 0.15) is 48.0 Å². The number of methoxy groups -OCH3 is 1. The zero-order valence-electron chi connectivity index (χ0n) is 20.9. The van der Waals surface area contributed by atoms with Crippen molar-refractivity contribution >= 4 is 17.7 Å². The lowest BCUT2D eigenvalue weighted by molar-refractivity contribution is -0.136. The van der Waals surface area contributed by atoms with Gasteiger partial charge in [-0.3, -0.25) is 24.6 Å². The lowest BCUT2D eigenvalue weighted by Gasteiger charge is -2.44. The van der Waals surface area contributed by atoms with E-state index in [1.165, 1.54) is 0 Å². The molecule has 3 atom stereocenters. The Hall–Kier alpha value is -3.59. The van der Waals surface area contributed by atoms with Gasteiger partial charge in [0.15, 0.2) is 11.5 Å². The van der Waals surface area contributed by atoms with Crippen molar-refractivity contribution < 1.29 is 28.6 Å². The first kappa shape index (κ1) is 23.8. The summed E-state index contributed by atoms with van der Waals surface area (Å²) in [5.41, 5.74) is 1.45. The van der Waals surface area contributed by atoms with Crippen LogP contribution >= 0.6 is 0 Å². The fraction of sp³-hybridized carbons (Fsp3) is 0.464. The maximum Gasteiger partial charge on any atom is 0.255 e. The zero-order valence-corrected chi connectivity index (χ0v) is 20.9. The molecule has 1 unspecified atom stereocenters. The van der Waals surface area contributed by atoms with Crippen LogP contribution in [0.3, 0.4) is 0 Å². The van der Waals surface area contributed by atoms with E-state index >= 15 is 0 Å².